The van der Waals surface area contributed by atoms with Gasteiger partial charge in [-0.1, -0.05) is 80.7 Å². The van der Waals surface area contributed by atoms with Crippen LogP contribution in [-0.2, 0) is 93.0 Å². The Morgan fingerprint density at radius 1 is 0.667 bits per heavy atom. The summed E-state index contributed by atoms with van der Waals surface area (Å²) in [5.41, 5.74) is 12.9. The molecule has 123 heavy (non-hydrogen) atoms. The average Bonchev–Trinajstić information content (AvgIpc) is 1.60. The van der Waals surface area contributed by atoms with Crippen LogP contribution in [0.1, 0.15) is 171 Å². The summed E-state index contributed by atoms with van der Waals surface area (Å²) in [4.78, 5) is 138. The molecule has 3 saturated heterocycles. The molecule has 0 aromatic heterocycles. The first kappa shape index (κ1) is 94.8. The zero-order valence-electron chi connectivity index (χ0n) is 71.9. The van der Waals surface area contributed by atoms with Gasteiger partial charge in [-0.3, -0.25) is 48.1 Å². The number of urea groups is 1. The smallest absolute Gasteiger partial charge is 0.411 e. The third kappa shape index (κ3) is 27.3. The fraction of sp³-hybridized carbons (Fsp3) is 0.533. The number of ketones is 2. The van der Waals surface area contributed by atoms with E-state index in [1.165, 1.54) is 19.3 Å². The number of imide groups is 1. The highest BCUT2D eigenvalue weighted by atomic mass is 16.7. The van der Waals surface area contributed by atoms with Crippen molar-refractivity contribution in [3.8, 4) is 29.1 Å². The number of methoxy groups -OCH3 is 1. The lowest BCUT2D eigenvalue weighted by Gasteiger charge is -2.40. The van der Waals surface area contributed by atoms with E-state index in [9.17, 15) is 58.0 Å². The van der Waals surface area contributed by atoms with E-state index in [-0.39, 0.29) is 157 Å². The van der Waals surface area contributed by atoms with Gasteiger partial charge in [0.2, 0.25) is 11.8 Å². The Bertz CT molecular complexity index is 4490. The molecule has 4 aromatic rings. The number of amides is 8. The van der Waals surface area contributed by atoms with Crippen LogP contribution in [-0.4, -0.2) is 234 Å². The molecule has 662 valence electrons. The number of nitrogens with zero attached hydrogens (tertiary/aromatic N) is 5. The number of hydrogen-bond donors (Lipinski definition) is 6. The summed E-state index contributed by atoms with van der Waals surface area (Å²) in [6.45, 7) is 23.4. The number of fused-ring (bicyclic) bond motifs is 4. The first-order valence-corrected chi connectivity index (χ1v) is 42.8. The lowest BCUT2D eigenvalue weighted by atomic mass is 9.80. The number of benzene rings is 4. The van der Waals surface area contributed by atoms with Gasteiger partial charge in [-0.15, -0.1) is 0 Å². The molecule has 33 heteroatoms. The van der Waals surface area contributed by atoms with Crippen LogP contribution < -0.4 is 45.5 Å². The maximum absolute atomic E-state index is 14.5. The van der Waals surface area contributed by atoms with E-state index in [2.05, 4.69) is 40.9 Å². The fourth-order valence-electron chi connectivity index (χ4n) is 16.1. The lowest BCUT2D eigenvalue weighted by molar-refractivity contribution is -0.194. The summed E-state index contributed by atoms with van der Waals surface area (Å²) >= 11 is 0. The van der Waals surface area contributed by atoms with Crippen LogP contribution in [0.4, 0.5) is 16.2 Å². The van der Waals surface area contributed by atoms with Crippen molar-refractivity contribution in [2.75, 3.05) is 109 Å². The van der Waals surface area contributed by atoms with Crippen LogP contribution in [0, 0.1) is 30.6 Å². The number of esters is 1. The number of carbonyl (C=O) groups is 10. The zero-order chi connectivity index (χ0) is 88.2. The third-order valence-corrected chi connectivity index (χ3v) is 22.5. The van der Waals surface area contributed by atoms with Gasteiger partial charge >= 0.3 is 26.1 Å². The number of primary amides is 1. The molecule has 0 radical (unpaired) electrons. The van der Waals surface area contributed by atoms with Crippen molar-refractivity contribution in [3.63, 3.8) is 0 Å². The maximum atomic E-state index is 14.5. The second-order valence-electron chi connectivity index (χ2n) is 32.4. The summed E-state index contributed by atoms with van der Waals surface area (Å²) in [6, 6.07) is 17.1. The highest BCUT2D eigenvalue weighted by molar-refractivity contribution is 6.55. The Hall–Kier alpha value is -10.4. The minimum atomic E-state index is -1.08. The van der Waals surface area contributed by atoms with Gasteiger partial charge in [0.1, 0.15) is 37.6 Å². The van der Waals surface area contributed by atoms with Crippen LogP contribution in [0.3, 0.4) is 0 Å². The van der Waals surface area contributed by atoms with E-state index in [4.69, 9.17) is 53.1 Å². The molecule has 6 heterocycles. The highest BCUT2D eigenvalue weighted by Gasteiger charge is 2.49. The molecule has 31 nitrogen and oxygen atoms in total. The molecule has 6 aliphatic rings. The molecule has 7 atom stereocenters. The summed E-state index contributed by atoms with van der Waals surface area (Å²) in [5, 5.41) is 31.1. The second-order valence-corrected chi connectivity index (χ2v) is 32.4. The Labute approximate surface area is 720 Å². The first-order chi connectivity index (χ1) is 59.1. The molecular formula is C90H119B2N9O22. The number of anilines is 2. The van der Waals surface area contributed by atoms with Crippen molar-refractivity contribution in [2.45, 2.75) is 201 Å². The Morgan fingerprint density at radius 3 is 1.91 bits per heavy atom. The van der Waals surface area contributed by atoms with E-state index >= 15 is 0 Å². The lowest BCUT2D eigenvalue weighted by Crippen LogP contribution is -2.56. The van der Waals surface area contributed by atoms with Gasteiger partial charge in [-0.05, 0) is 156 Å². The number of Topliss-reactive ketones (excluding diaryl/α,β-unsaturated/α-hetero) is 2. The van der Waals surface area contributed by atoms with Crippen LogP contribution in [0.5, 0.6) is 17.2 Å². The summed E-state index contributed by atoms with van der Waals surface area (Å²) in [7, 11) is -0.534. The third-order valence-electron chi connectivity index (χ3n) is 22.5. The maximum Gasteiger partial charge on any atom is 0.411 e. The summed E-state index contributed by atoms with van der Waals surface area (Å²) in [6.07, 6.45) is 7.91. The van der Waals surface area contributed by atoms with Crippen LogP contribution >= 0.6 is 0 Å². The quantitative estimate of drug-likeness (QED) is 0.00608. The van der Waals surface area contributed by atoms with Gasteiger partial charge in [0.15, 0.2) is 23.6 Å². The molecule has 6 aliphatic heterocycles. The Kier molecular flexibility index (Phi) is 36.1. The molecule has 0 aliphatic carbocycles. The number of rotatable bonds is 48. The largest absolute Gasteiger partial charge is 0.493 e. The number of ether oxygens (including phenoxy) is 10. The van der Waals surface area contributed by atoms with Crippen molar-refractivity contribution in [2.24, 2.45) is 17.6 Å². The highest BCUT2D eigenvalue weighted by Crippen LogP contribution is 2.44. The van der Waals surface area contributed by atoms with Gasteiger partial charge < -0.3 is 98.5 Å². The topological polar surface area (TPSA) is 382 Å². The molecular weight excluding hydrogens is 1580 g/mol. The Morgan fingerprint density at radius 2 is 1.28 bits per heavy atom. The minimum absolute atomic E-state index is 0.0111. The van der Waals surface area contributed by atoms with E-state index in [0.717, 1.165) is 28.9 Å². The van der Waals surface area contributed by atoms with E-state index < -0.39 is 62.5 Å². The first-order valence-electron chi connectivity index (χ1n) is 42.8. The monoisotopic (exact) mass is 1700 g/mol. The molecule has 10 rings (SSSR count). The van der Waals surface area contributed by atoms with Gasteiger partial charge in [0.25, 0.3) is 23.6 Å². The van der Waals surface area contributed by atoms with Crippen molar-refractivity contribution in [1.29, 1.82) is 0 Å². The number of nitrogens with one attached hydrogen (secondary N) is 3. The predicted molar refractivity (Wildman–Crippen MR) is 460 cm³/mol. The number of unbranched alkanes of at least 4 members (excludes halogenated alkanes) is 2. The molecule has 3 fully saturated rings. The van der Waals surface area contributed by atoms with E-state index in [0.29, 0.717) is 177 Å². The van der Waals surface area contributed by atoms with Gasteiger partial charge in [0.05, 0.1) is 89.2 Å². The molecule has 7 N–H and O–H groups in total. The average molecular weight is 1700 g/mol. The molecule has 0 saturated carbocycles. The summed E-state index contributed by atoms with van der Waals surface area (Å²) in [5.74, 6) is 3.93. The van der Waals surface area contributed by atoms with Crippen LogP contribution in [0.15, 0.2) is 103 Å². The molecule has 8 amide bonds. The van der Waals surface area contributed by atoms with E-state index in [1.54, 1.807) is 71.9 Å². The normalized spacial score (nSPS) is 18.4. The van der Waals surface area contributed by atoms with Gasteiger partial charge in [-0.2, -0.15) is 0 Å². The number of hydrogen-bond acceptors (Lipinski definition) is 24. The Balaban J connectivity index is 0.630. The van der Waals surface area contributed by atoms with Crippen molar-refractivity contribution >= 4 is 84.5 Å². The fourth-order valence-corrected chi connectivity index (χ4v) is 16.1. The van der Waals surface area contributed by atoms with Crippen molar-refractivity contribution < 1.29 is 105 Å². The molecule has 0 spiro atoms. The SMILES string of the molecule is C=C1C[C@H]2[C@H](C)N(B(C)O)c3cc(OCc4cc(C#CCNC(=O)CCOCCOCCOCCOCCCC(=O)OCc5ccc(CC(=O)[C@H](CCCNC(N)=O)NC(=O)[C@@H](CC(=O)CCCCCN6C(=O)C=CC6=O)C(C)C)cc5)cc(COc5cc6c(cc5C)C(=O)N5CC(=C)C[C@H]5[C@H](OC5CCCCO5)N6B(C)O)c4)c(OC)cc3C(=O)N2C1. The zero-order valence-corrected chi connectivity index (χ0v) is 71.9. The van der Waals surface area contributed by atoms with Crippen LogP contribution in [0.25, 0.3) is 0 Å². The number of nitrogens with two attached hydrogens (primary N) is 1. The van der Waals surface area contributed by atoms with Gasteiger partial charge in [-0.25, -0.2) is 4.79 Å². The standard InChI is InChI=1S/C90H119B2N9O22/c1-58(2)69(49-68(102)19-11-10-13-32-97-82(105)27-28-83(97)106)86(108)96-72(20-16-31-95-90(93)111)77(103)48-63-23-25-64(26-24-63)55-122-84(107)21-17-33-115-36-38-117-40-41-118-39-37-116-35-29-81(104)94-30-15-18-65-45-66(47-67(46-65)57-121-80-52-74-71(50-79(80)114-9)88(110)98-53-59(3)42-73(98)62(6)100(74)91(7)112)56-120-78-51-75-70(44-61(78)5)87(109)99-54-60(4)43-76(99)89(101(75)92(8)113)123-85-22-12-14-34-119-85/h23-28,44-47,50-52,58,62,69,72-73,76,85,89,112-113H,3-4,10-14,16-17,19-22,29-43,48-49,53-57H2,1-2,5-9H3,(H,94,104)(H,96,108)(H3,93,95,111)/t62-,69-,72-,73-,76-,85?,89-/m0/s1. The van der Waals surface area contributed by atoms with Crippen molar-refractivity contribution in [1.82, 2.24) is 30.7 Å². The minimum Gasteiger partial charge on any atom is -0.493 e. The molecule has 0 bridgehead atoms. The van der Waals surface area contributed by atoms with Gasteiger partial charge in [0, 0.05) is 125 Å². The van der Waals surface area contributed by atoms with Crippen LogP contribution in [0.2, 0.25) is 13.6 Å². The number of aryl methyl sites for hydroxylation is 1. The van der Waals surface area contributed by atoms with Crippen molar-refractivity contribution in [3.05, 3.63) is 148 Å². The van der Waals surface area contributed by atoms with E-state index in [1.807, 2.05) is 55.6 Å². The summed E-state index contributed by atoms with van der Waals surface area (Å²) < 4.78 is 59.9. The second kappa shape index (κ2) is 46.9. The molecule has 4 aromatic carbocycles. The molecule has 1 unspecified atom stereocenters. The number of carbonyl (C=O) groups excluding carboxylic acids is 10. The predicted octanol–water partition coefficient (Wildman–Crippen LogP) is 8.03.